The molecule has 0 heterocycles. The first kappa shape index (κ1) is 49.5. The van der Waals surface area contributed by atoms with E-state index in [1.54, 1.807) is 0 Å². The number of hydrogen-bond donors (Lipinski definition) is 0. The summed E-state index contributed by atoms with van der Waals surface area (Å²) < 4.78 is 25.6. The Hall–Kier alpha value is 3.32. The van der Waals surface area contributed by atoms with Gasteiger partial charge >= 0.3 is 94.3 Å². The van der Waals surface area contributed by atoms with Crippen LogP contribution in [0, 0.1) is 0 Å². The van der Waals surface area contributed by atoms with Crippen molar-refractivity contribution in [2.24, 2.45) is 0 Å². The molecule has 0 aromatic rings. The molecule has 0 atom stereocenters. The zero-order valence-electron chi connectivity index (χ0n) is 11.2. The molecule has 0 radical (unpaired) electrons. The molecule has 0 aromatic carbocycles. The molecule has 20 heteroatoms. The largest absolute Gasteiger partial charge is 1.00 e. The number of rotatable bonds is 0. The minimum absolute atomic E-state index is 0. The van der Waals surface area contributed by atoms with E-state index >= 15 is 0 Å². The summed E-state index contributed by atoms with van der Waals surface area (Å²) in [5, 5.41) is 0. The fourth-order valence-electron chi connectivity index (χ4n) is 0. The summed E-state index contributed by atoms with van der Waals surface area (Å²) in [6.45, 7) is 0. The molecule has 0 N–H and O–H groups in total. The van der Waals surface area contributed by atoms with Crippen LogP contribution < -0.4 is 138 Å². The average Bonchev–Trinajstić information content (AvgIpc) is 1.41. The van der Waals surface area contributed by atoms with E-state index in [1.165, 1.54) is 0 Å². The van der Waals surface area contributed by atoms with Gasteiger partial charge in [-0.3, -0.25) is 0 Å². The number of phosphoric acid groups is 3. The van der Waals surface area contributed by atoms with E-state index in [1.807, 2.05) is 0 Å². The third-order valence-electron chi connectivity index (χ3n) is 0. The van der Waals surface area contributed by atoms with E-state index in [-0.39, 0.29) is 94.3 Å². The van der Waals surface area contributed by atoms with Crippen molar-refractivity contribution in [3.05, 3.63) is 0 Å². The molecule has 0 fully saturated rings. The fraction of sp³-hybridized carbons (Fsp3) is 0. The predicted molar refractivity (Wildman–Crippen MR) is 22.8 cm³/mol. The van der Waals surface area contributed by atoms with Crippen LogP contribution in [0.5, 0.6) is 0 Å². The Labute approximate surface area is 174 Å². The first-order chi connectivity index (χ1) is 6.00. The number of hydrogen-bond acceptors (Lipinski definition) is 12. The second-order valence-electron chi connectivity index (χ2n) is 1.34. The van der Waals surface area contributed by atoms with E-state index in [2.05, 4.69) is 0 Å². The van der Waals surface area contributed by atoms with Crippen LogP contribution in [0.25, 0.3) is 0 Å². The van der Waals surface area contributed by atoms with Gasteiger partial charge in [-0.1, -0.05) is 0 Å². The monoisotopic (exact) mass is 320 g/mol. The van der Waals surface area contributed by atoms with Crippen LogP contribution in [-0.4, -0.2) is 0 Å². The van der Waals surface area contributed by atoms with E-state index < -0.39 is 23.5 Å². The first-order valence-electron chi connectivity index (χ1n) is 2.19. The molecule has 0 spiro atoms. The van der Waals surface area contributed by atoms with E-state index in [0.717, 1.165) is 0 Å². The fourth-order valence-corrected chi connectivity index (χ4v) is 0. The summed E-state index contributed by atoms with van der Waals surface area (Å²) in [6, 6.07) is 0. The Morgan fingerprint density at radius 1 is 0.350 bits per heavy atom. The van der Waals surface area contributed by atoms with Crippen LogP contribution in [0.3, 0.4) is 0 Å². The average molecular weight is 320 g/mol. The van der Waals surface area contributed by atoms with Crippen LogP contribution >= 0.6 is 23.5 Å². The van der Waals surface area contributed by atoms with Gasteiger partial charge in [0.05, 0.1) is 0 Å². The smallest absolute Gasteiger partial charge is 0.822 e. The topological polar surface area (TPSA) is 259 Å². The molecule has 0 saturated carbocycles. The van der Waals surface area contributed by atoms with Crippen molar-refractivity contribution < 1.29 is 152 Å². The zero-order valence-corrected chi connectivity index (χ0v) is 13.9. The quantitative estimate of drug-likeness (QED) is 0.297. The van der Waals surface area contributed by atoms with Crippen molar-refractivity contribution in [2.75, 3.05) is 0 Å². The molecule has 0 bridgehead atoms. The molecule has 0 aromatic heterocycles. The van der Waals surface area contributed by atoms with Gasteiger partial charge in [-0.2, -0.15) is 23.5 Å². The predicted octanol–water partition coefficient (Wildman–Crippen LogP) is -23.5. The summed E-state index contributed by atoms with van der Waals surface area (Å²) >= 11 is 0. The summed E-state index contributed by atoms with van der Waals surface area (Å²) in [7, 11) is -16.2. The normalized spacial score (nSPS) is 8.85. The van der Waals surface area contributed by atoms with Gasteiger partial charge in [0, 0.05) is 0 Å². The van der Waals surface area contributed by atoms with Crippen LogP contribution in [0.2, 0.25) is 0 Å². The molecule has 20 heavy (non-hydrogen) atoms. The van der Waals surface area contributed by atoms with Gasteiger partial charge < -0.3 is 57.7 Å². The maximum absolute atomic E-state index is 8.55. The molecule has 0 aliphatic rings. The molecular formula is Li5O12P3-4. The molecule has 0 aliphatic carbocycles. The van der Waals surface area contributed by atoms with Crippen molar-refractivity contribution in [2.45, 2.75) is 0 Å². The second-order valence-corrected chi connectivity index (χ2v) is 4.02. The van der Waals surface area contributed by atoms with Gasteiger partial charge in [0.25, 0.3) is 0 Å². The zero-order chi connectivity index (χ0) is 13.5. The maximum Gasteiger partial charge on any atom is 1.00 e. The molecule has 0 saturated heterocycles. The Balaban J connectivity index is -0.0000000160. The molecule has 12 nitrogen and oxygen atoms in total. The van der Waals surface area contributed by atoms with Crippen LogP contribution in [0.4, 0.5) is 0 Å². The van der Waals surface area contributed by atoms with Crippen LogP contribution in [-0.2, 0) is 13.7 Å². The first-order valence-corrected chi connectivity index (χ1v) is 6.57. The third-order valence-corrected chi connectivity index (χ3v) is 0. The van der Waals surface area contributed by atoms with Gasteiger partial charge in [0.2, 0.25) is 0 Å². The Morgan fingerprint density at radius 3 is 0.350 bits per heavy atom. The second kappa shape index (κ2) is 22.3. The molecular weight excluding hydrogens is 320 g/mol. The summed E-state index contributed by atoms with van der Waals surface area (Å²) in [6.07, 6.45) is 0. The molecule has 0 unspecified atom stereocenters. The van der Waals surface area contributed by atoms with Crippen LogP contribution in [0.1, 0.15) is 0 Å². The van der Waals surface area contributed by atoms with Gasteiger partial charge in [-0.15, -0.1) is 0 Å². The van der Waals surface area contributed by atoms with Gasteiger partial charge in [-0.25, -0.2) is 0 Å². The van der Waals surface area contributed by atoms with Crippen molar-refractivity contribution in [3.63, 3.8) is 0 Å². The minimum Gasteiger partial charge on any atom is -0.822 e. The van der Waals surface area contributed by atoms with Gasteiger partial charge in [-0.05, 0) is 0 Å². The molecule has 96 valence electrons. The minimum atomic E-state index is -5.39. The molecule has 0 amide bonds. The summed E-state index contributed by atoms with van der Waals surface area (Å²) in [5.41, 5.74) is 0. The SMILES string of the molecule is O=P([O-])([O-])[O-].O=P([O-])([O-])[O-].O=P([O-])([O-])[O-].[Li+].[Li+].[Li+].[Li+].[Li+]. The van der Waals surface area contributed by atoms with Crippen molar-refractivity contribution in [3.8, 4) is 0 Å². The van der Waals surface area contributed by atoms with Gasteiger partial charge in [0.1, 0.15) is 0 Å². The van der Waals surface area contributed by atoms with Crippen molar-refractivity contribution >= 4 is 23.5 Å². The van der Waals surface area contributed by atoms with Crippen LogP contribution in [0.15, 0.2) is 0 Å². The molecule has 0 rings (SSSR count). The third kappa shape index (κ3) is 800. The van der Waals surface area contributed by atoms with E-state index in [0.29, 0.717) is 0 Å². The van der Waals surface area contributed by atoms with E-state index in [4.69, 9.17) is 57.7 Å². The summed E-state index contributed by atoms with van der Waals surface area (Å²) in [5.74, 6) is 0. The Kier molecular flexibility index (Phi) is 55.2. The van der Waals surface area contributed by atoms with Gasteiger partial charge in [0.15, 0.2) is 0 Å². The van der Waals surface area contributed by atoms with Crippen molar-refractivity contribution in [1.82, 2.24) is 0 Å². The molecule has 0 aliphatic heterocycles. The Morgan fingerprint density at radius 2 is 0.350 bits per heavy atom. The van der Waals surface area contributed by atoms with Crippen molar-refractivity contribution in [1.29, 1.82) is 0 Å². The van der Waals surface area contributed by atoms with E-state index in [9.17, 15) is 0 Å². The summed E-state index contributed by atoms with van der Waals surface area (Å²) in [4.78, 5) is 76.9. The maximum atomic E-state index is 8.55. The Bertz CT molecular complexity index is 213. The standard InChI is InChI=1S/5Li.3H3O4P/c;;;;;3*1-5(2,3)4/h;;;;;3*(H3,1,2,3,4)/q5*+1;;;/p-9.